The molecule has 29 heavy (non-hydrogen) atoms. The molecule has 0 radical (unpaired) electrons. The highest BCUT2D eigenvalue weighted by atomic mass is 35.5. The Balaban J connectivity index is 1.70. The van der Waals surface area contributed by atoms with E-state index in [1.165, 1.54) is 0 Å². The molecule has 1 fully saturated rings. The second-order valence-electron chi connectivity index (χ2n) is 6.74. The van der Waals surface area contributed by atoms with Gasteiger partial charge in [-0.3, -0.25) is 9.59 Å². The zero-order chi connectivity index (χ0) is 20.2. The lowest BCUT2D eigenvalue weighted by Gasteiger charge is -2.14. The van der Waals surface area contributed by atoms with E-state index in [0.717, 1.165) is 11.1 Å². The maximum Gasteiger partial charge on any atom is 0.304 e. The summed E-state index contributed by atoms with van der Waals surface area (Å²) in [5.74, 6) is -0.576. The zero-order valence-corrected chi connectivity index (χ0v) is 16.2. The molecule has 1 aliphatic heterocycles. The van der Waals surface area contributed by atoms with Crippen LogP contribution in [0.5, 0.6) is 0 Å². The molecular weight excluding hydrogens is 386 g/mol. The van der Waals surface area contributed by atoms with Crippen molar-refractivity contribution in [2.45, 2.75) is 12.1 Å². The summed E-state index contributed by atoms with van der Waals surface area (Å²) >= 11 is 6.04. The summed E-state index contributed by atoms with van der Waals surface area (Å²) < 4.78 is 1.73. The molecule has 0 unspecified atom stereocenters. The molecule has 1 saturated heterocycles. The summed E-state index contributed by atoms with van der Waals surface area (Å²) in [5, 5.41) is 3.48. The van der Waals surface area contributed by atoms with E-state index in [1.807, 2.05) is 54.7 Å². The van der Waals surface area contributed by atoms with Gasteiger partial charge in [-0.25, -0.2) is 0 Å². The van der Waals surface area contributed by atoms with Crippen LogP contribution in [0.25, 0.3) is 0 Å². The van der Waals surface area contributed by atoms with Crippen LogP contribution in [0, 0.1) is 0 Å². The Morgan fingerprint density at radius 3 is 2.21 bits per heavy atom. The van der Waals surface area contributed by atoms with Crippen molar-refractivity contribution in [1.82, 2.24) is 10.7 Å². The molecule has 0 bridgehead atoms. The topological polar surface area (TPSA) is 61.2 Å². The predicted octanol–water partition coefficient (Wildman–Crippen LogP) is 3.36. The van der Waals surface area contributed by atoms with Crippen LogP contribution in [-0.2, 0) is 4.79 Å². The number of hydrazone groups is 1. The van der Waals surface area contributed by atoms with Crippen molar-refractivity contribution in [3.8, 4) is 0 Å². The van der Waals surface area contributed by atoms with Gasteiger partial charge in [0.15, 0.2) is 6.04 Å². The molecule has 1 aliphatic rings. The molecule has 0 spiro atoms. The van der Waals surface area contributed by atoms with Crippen molar-refractivity contribution in [2.75, 3.05) is 0 Å². The van der Waals surface area contributed by atoms with Gasteiger partial charge < -0.3 is 5.32 Å². The van der Waals surface area contributed by atoms with E-state index < -0.39 is 12.1 Å². The fraction of sp³-hybridized carbons (Fsp3) is 0.0870. The van der Waals surface area contributed by atoms with E-state index in [1.54, 1.807) is 41.1 Å². The summed E-state index contributed by atoms with van der Waals surface area (Å²) in [7, 11) is 0. The van der Waals surface area contributed by atoms with E-state index in [4.69, 9.17) is 11.6 Å². The lowest BCUT2D eigenvalue weighted by atomic mass is 10.00. The van der Waals surface area contributed by atoms with Gasteiger partial charge in [-0.05, 0) is 36.4 Å². The number of nitrogens with zero attached hydrogens (tertiary/aromatic N) is 1. The molecule has 0 saturated carbocycles. The van der Waals surface area contributed by atoms with Crippen LogP contribution in [0.4, 0.5) is 0 Å². The highest BCUT2D eigenvalue weighted by Crippen LogP contribution is 2.26. The second-order valence-corrected chi connectivity index (χ2v) is 7.17. The van der Waals surface area contributed by atoms with Gasteiger partial charge in [-0.1, -0.05) is 60.1 Å². The normalized spacial score (nSPS) is 19.8. The van der Waals surface area contributed by atoms with Crippen molar-refractivity contribution in [3.05, 3.63) is 107 Å². The van der Waals surface area contributed by atoms with E-state index in [-0.39, 0.29) is 11.8 Å². The van der Waals surface area contributed by atoms with Gasteiger partial charge in [0.1, 0.15) is 0 Å². The van der Waals surface area contributed by atoms with Crippen LogP contribution in [-0.4, -0.2) is 28.8 Å². The van der Waals surface area contributed by atoms with Crippen LogP contribution in [0.2, 0.25) is 5.02 Å². The van der Waals surface area contributed by atoms with Crippen LogP contribution in [0.1, 0.15) is 27.5 Å². The van der Waals surface area contributed by atoms with E-state index in [9.17, 15) is 9.59 Å². The Bertz CT molecular complexity index is 1050. The molecule has 2 amide bonds. The Hall–Kier alpha value is -3.44. The third kappa shape index (κ3) is 4.20. The van der Waals surface area contributed by atoms with Crippen LogP contribution in [0.3, 0.4) is 0 Å². The molecule has 0 aromatic heterocycles. The highest BCUT2D eigenvalue weighted by Gasteiger charge is 2.47. The average Bonchev–Trinajstić information content (AvgIpc) is 3.04. The molecule has 0 aliphatic carbocycles. The molecule has 3 aromatic carbocycles. The number of hydrogen-bond donors (Lipinski definition) is 2. The Morgan fingerprint density at radius 2 is 1.55 bits per heavy atom. The Morgan fingerprint density at radius 1 is 0.931 bits per heavy atom. The van der Waals surface area contributed by atoms with Gasteiger partial charge >= 0.3 is 5.91 Å². The largest absolute Gasteiger partial charge is 0.334 e. The third-order valence-corrected chi connectivity index (χ3v) is 5.01. The first-order valence-electron chi connectivity index (χ1n) is 9.22. The number of benzene rings is 3. The monoisotopic (exact) mass is 404 g/mol. The minimum absolute atomic E-state index is 0.276. The molecule has 3 aromatic rings. The molecule has 4 rings (SSSR count). The molecule has 144 valence electrons. The standard InChI is InChI=1S/C23H18ClN3O2/c24-19-13-11-17(12-14-19)21-20(25-22(28)18-9-5-2-6-10-18)23(29)26-27(21)15-16-7-3-1-4-8-16/h1-15,20-21H,(H-,25,26,28,29)/p+1/b27-15-/t20-,21-/m1/s1. The van der Waals surface area contributed by atoms with Crippen LogP contribution in [0.15, 0.2) is 84.9 Å². The first-order chi connectivity index (χ1) is 14.1. The fourth-order valence-corrected chi connectivity index (χ4v) is 3.48. The van der Waals surface area contributed by atoms with Crippen molar-refractivity contribution >= 4 is 29.6 Å². The quantitative estimate of drug-likeness (QED) is 0.655. The second kappa shape index (κ2) is 8.29. The number of hydrogen-bond acceptors (Lipinski definition) is 2. The van der Waals surface area contributed by atoms with E-state index in [2.05, 4.69) is 10.7 Å². The number of rotatable bonds is 4. The van der Waals surface area contributed by atoms with Crippen molar-refractivity contribution < 1.29 is 14.3 Å². The first-order valence-corrected chi connectivity index (χ1v) is 9.60. The molecule has 1 heterocycles. The lowest BCUT2D eigenvalue weighted by Crippen LogP contribution is -2.42. The minimum Gasteiger partial charge on any atom is -0.334 e. The Kier molecular flexibility index (Phi) is 5.40. The summed E-state index contributed by atoms with van der Waals surface area (Å²) in [4.78, 5) is 25.5. The van der Waals surface area contributed by atoms with E-state index in [0.29, 0.717) is 10.6 Å². The summed E-state index contributed by atoms with van der Waals surface area (Å²) in [6.07, 6.45) is 1.85. The summed E-state index contributed by atoms with van der Waals surface area (Å²) in [5.41, 5.74) is 5.16. The van der Waals surface area contributed by atoms with Crippen molar-refractivity contribution in [2.24, 2.45) is 0 Å². The zero-order valence-electron chi connectivity index (χ0n) is 15.5. The Labute approximate surface area is 173 Å². The molecule has 6 heteroatoms. The number of carbonyl (C=O) groups is 2. The number of nitrogens with one attached hydrogen (secondary N) is 2. The first kappa shape index (κ1) is 18.9. The van der Waals surface area contributed by atoms with Gasteiger partial charge in [-0.15, -0.1) is 10.1 Å². The number of amides is 2. The number of carbonyl (C=O) groups excluding carboxylic acids is 2. The van der Waals surface area contributed by atoms with Gasteiger partial charge in [0.05, 0.1) is 0 Å². The number of hydrazine groups is 1. The molecular formula is C23H19ClN3O2+. The van der Waals surface area contributed by atoms with Gasteiger partial charge in [0.25, 0.3) is 5.91 Å². The molecule has 2 N–H and O–H groups in total. The summed E-state index contributed by atoms with van der Waals surface area (Å²) in [6.45, 7) is 0. The summed E-state index contributed by atoms with van der Waals surface area (Å²) in [6, 6.07) is 24.6. The van der Waals surface area contributed by atoms with Gasteiger partial charge in [-0.2, -0.15) is 0 Å². The van der Waals surface area contributed by atoms with Gasteiger partial charge in [0.2, 0.25) is 12.3 Å². The van der Waals surface area contributed by atoms with Crippen LogP contribution >= 0.6 is 11.6 Å². The average molecular weight is 405 g/mol. The van der Waals surface area contributed by atoms with Crippen molar-refractivity contribution in [1.29, 1.82) is 0 Å². The SMILES string of the molecule is O=C(N[C@H]1C(=O)N/[N+](=C\c2ccccc2)[C@@H]1c1ccc(Cl)cc1)c1ccccc1. The van der Waals surface area contributed by atoms with Gasteiger partial charge in [0, 0.05) is 21.7 Å². The smallest absolute Gasteiger partial charge is 0.304 e. The predicted molar refractivity (Wildman–Crippen MR) is 112 cm³/mol. The fourth-order valence-electron chi connectivity index (χ4n) is 3.35. The molecule has 5 nitrogen and oxygen atoms in total. The number of halogens is 1. The van der Waals surface area contributed by atoms with Crippen LogP contribution < -0.4 is 10.7 Å². The third-order valence-electron chi connectivity index (χ3n) is 4.76. The highest BCUT2D eigenvalue weighted by molar-refractivity contribution is 6.30. The maximum atomic E-state index is 12.8. The molecule has 2 atom stereocenters. The van der Waals surface area contributed by atoms with E-state index >= 15 is 0 Å². The van der Waals surface area contributed by atoms with Crippen molar-refractivity contribution in [3.63, 3.8) is 0 Å². The lowest BCUT2D eigenvalue weighted by molar-refractivity contribution is -0.596. The maximum absolute atomic E-state index is 12.8. The minimum atomic E-state index is -0.760.